The second-order valence-corrected chi connectivity index (χ2v) is 7.27. The fourth-order valence-electron chi connectivity index (χ4n) is 3.96. The van der Waals surface area contributed by atoms with E-state index >= 15 is 0 Å². The predicted molar refractivity (Wildman–Crippen MR) is 89.3 cm³/mol. The molecule has 4 heteroatoms. The van der Waals surface area contributed by atoms with Gasteiger partial charge < -0.3 is 15.4 Å². The monoisotopic (exact) mass is 314 g/mol. The summed E-state index contributed by atoms with van der Waals surface area (Å²) in [5.74, 6) is 1.16. The molecule has 0 radical (unpaired) electrons. The number of ether oxygens (including phenoxy) is 1. The molecular weight excluding hydrogens is 288 g/mol. The summed E-state index contributed by atoms with van der Waals surface area (Å²) in [6.07, 6.45) is 6.20. The molecule has 2 N–H and O–H groups in total. The summed E-state index contributed by atoms with van der Waals surface area (Å²) in [5, 5.41) is 7.04. The van der Waals surface area contributed by atoms with Crippen LogP contribution in [0, 0.1) is 11.8 Å². The Morgan fingerprint density at radius 1 is 1.04 bits per heavy atom. The zero-order valence-electron chi connectivity index (χ0n) is 13.5. The second-order valence-electron chi connectivity index (χ2n) is 7.27. The maximum absolute atomic E-state index is 12.4. The van der Waals surface area contributed by atoms with E-state index < -0.39 is 0 Å². The molecule has 124 valence electrons. The predicted octanol–water partition coefficient (Wildman–Crippen LogP) is 2.35. The summed E-state index contributed by atoms with van der Waals surface area (Å²) < 4.78 is 5.72. The van der Waals surface area contributed by atoms with E-state index in [9.17, 15) is 4.79 Å². The third-order valence-corrected chi connectivity index (χ3v) is 5.70. The summed E-state index contributed by atoms with van der Waals surface area (Å²) in [6, 6.07) is 11.1. The Labute approximate surface area is 138 Å². The molecule has 4 atom stereocenters. The highest BCUT2D eigenvalue weighted by molar-refractivity contribution is 5.94. The number of carbonyl (C=O) groups excluding carboxylic acids is 1. The van der Waals surface area contributed by atoms with Crippen LogP contribution >= 0.6 is 0 Å². The first-order valence-corrected chi connectivity index (χ1v) is 9.01. The van der Waals surface area contributed by atoms with Gasteiger partial charge in [0, 0.05) is 36.2 Å². The molecule has 0 spiro atoms. The van der Waals surface area contributed by atoms with Gasteiger partial charge in [-0.05, 0) is 43.7 Å². The number of hydrogen-bond donors (Lipinski definition) is 2. The Morgan fingerprint density at radius 3 is 2.61 bits per heavy atom. The molecule has 1 heterocycles. The van der Waals surface area contributed by atoms with Gasteiger partial charge in [0.2, 0.25) is 0 Å². The minimum atomic E-state index is 0.0478. The first kappa shape index (κ1) is 15.2. The van der Waals surface area contributed by atoms with Crippen LogP contribution in [-0.2, 0) is 4.74 Å². The average Bonchev–Trinajstić information content (AvgIpc) is 3.31. The number of amides is 1. The first-order valence-electron chi connectivity index (χ1n) is 9.01. The molecule has 0 bridgehead atoms. The molecule has 0 aromatic heterocycles. The third-order valence-electron chi connectivity index (χ3n) is 5.70. The normalized spacial score (nSPS) is 33.7. The van der Waals surface area contributed by atoms with Crippen molar-refractivity contribution in [2.75, 3.05) is 13.2 Å². The highest BCUT2D eigenvalue weighted by Gasteiger charge is 2.48. The summed E-state index contributed by atoms with van der Waals surface area (Å²) >= 11 is 0. The van der Waals surface area contributed by atoms with Crippen molar-refractivity contribution in [3.05, 3.63) is 35.9 Å². The van der Waals surface area contributed by atoms with Crippen molar-refractivity contribution in [2.24, 2.45) is 11.8 Å². The van der Waals surface area contributed by atoms with E-state index in [-0.39, 0.29) is 11.9 Å². The lowest BCUT2D eigenvalue weighted by atomic mass is 9.89. The fraction of sp³-hybridized carbons (Fsp3) is 0.632. The van der Waals surface area contributed by atoms with Gasteiger partial charge in [0.05, 0.1) is 6.61 Å². The topological polar surface area (TPSA) is 50.4 Å². The molecule has 1 aromatic rings. The van der Waals surface area contributed by atoms with E-state index in [1.54, 1.807) is 0 Å². The highest BCUT2D eigenvalue weighted by Crippen LogP contribution is 2.42. The van der Waals surface area contributed by atoms with Crippen molar-refractivity contribution in [3.8, 4) is 0 Å². The molecule has 1 saturated heterocycles. The van der Waals surface area contributed by atoms with Crippen molar-refractivity contribution in [1.82, 2.24) is 10.6 Å². The average molecular weight is 314 g/mol. The Hall–Kier alpha value is -1.39. The lowest BCUT2D eigenvalue weighted by molar-refractivity contribution is 0.0214. The van der Waals surface area contributed by atoms with E-state index in [0.717, 1.165) is 31.2 Å². The van der Waals surface area contributed by atoms with Gasteiger partial charge in [0.25, 0.3) is 5.91 Å². The molecule has 4 unspecified atom stereocenters. The van der Waals surface area contributed by atoms with Gasteiger partial charge in [0.1, 0.15) is 0 Å². The molecule has 3 aliphatic rings. The SMILES string of the molecule is O=C(NC1CCOCC1C1CC1NC1CCC1)c1ccccc1. The van der Waals surface area contributed by atoms with E-state index in [2.05, 4.69) is 10.6 Å². The van der Waals surface area contributed by atoms with Gasteiger partial charge in [-0.3, -0.25) is 4.79 Å². The zero-order valence-corrected chi connectivity index (χ0v) is 13.5. The van der Waals surface area contributed by atoms with E-state index in [0.29, 0.717) is 17.9 Å². The van der Waals surface area contributed by atoms with Gasteiger partial charge in [-0.25, -0.2) is 0 Å². The summed E-state index contributed by atoms with van der Waals surface area (Å²) in [4.78, 5) is 12.4. The maximum Gasteiger partial charge on any atom is 0.251 e. The van der Waals surface area contributed by atoms with Crippen LogP contribution in [0.1, 0.15) is 42.5 Å². The van der Waals surface area contributed by atoms with Crippen LogP contribution in [0.3, 0.4) is 0 Å². The standard InChI is InChI=1S/C19H26N2O2/c22-19(13-5-2-1-3-6-13)21-17-9-10-23-12-16(17)15-11-18(15)20-14-7-4-8-14/h1-3,5-6,14-18,20H,4,7-12H2,(H,21,22). The van der Waals surface area contributed by atoms with Crippen molar-refractivity contribution in [3.63, 3.8) is 0 Å². The lowest BCUT2D eigenvalue weighted by Crippen LogP contribution is -2.47. The van der Waals surface area contributed by atoms with Gasteiger partial charge in [-0.2, -0.15) is 0 Å². The van der Waals surface area contributed by atoms with Crippen molar-refractivity contribution in [2.45, 2.75) is 50.2 Å². The molecule has 1 aliphatic heterocycles. The summed E-state index contributed by atoms with van der Waals surface area (Å²) in [5.41, 5.74) is 0.748. The molecule has 2 aliphatic carbocycles. The van der Waals surface area contributed by atoms with Gasteiger partial charge in [-0.1, -0.05) is 24.6 Å². The largest absolute Gasteiger partial charge is 0.381 e. The summed E-state index contributed by atoms with van der Waals surface area (Å²) in [6.45, 7) is 1.54. The number of carbonyl (C=O) groups is 1. The molecule has 2 saturated carbocycles. The van der Waals surface area contributed by atoms with Gasteiger partial charge in [0.15, 0.2) is 0 Å². The Bertz CT molecular complexity index is 544. The third kappa shape index (κ3) is 3.43. The minimum absolute atomic E-state index is 0.0478. The smallest absolute Gasteiger partial charge is 0.251 e. The number of benzene rings is 1. The molecule has 1 amide bonds. The Kier molecular flexibility index (Phi) is 4.36. The quantitative estimate of drug-likeness (QED) is 0.877. The second kappa shape index (κ2) is 6.62. The van der Waals surface area contributed by atoms with E-state index in [1.165, 1.54) is 25.7 Å². The van der Waals surface area contributed by atoms with Crippen LogP contribution < -0.4 is 10.6 Å². The highest BCUT2D eigenvalue weighted by atomic mass is 16.5. The Morgan fingerprint density at radius 2 is 1.87 bits per heavy atom. The molecule has 1 aromatic carbocycles. The summed E-state index contributed by atoms with van der Waals surface area (Å²) in [7, 11) is 0. The Balaban J connectivity index is 1.35. The molecule has 4 rings (SSSR count). The zero-order chi connectivity index (χ0) is 15.6. The van der Waals surface area contributed by atoms with Crippen LogP contribution in [0.4, 0.5) is 0 Å². The van der Waals surface area contributed by atoms with Crippen LogP contribution in [0.5, 0.6) is 0 Å². The van der Waals surface area contributed by atoms with Gasteiger partial charge >= 0.3 is 0 Å². The number of nitrogens with one attached hydrogen (secondary N) is 2. The number of hydrogen-bond acceptors (Lipinski definition) is 3. The maximum atomic E-state index is 12.4. The van der Waals surface area contributed by atoms with Crippen molar-refractivity contribution < 1.29 is 9.53 Å². The van der Waals surface area contributed by atoms with Crippen LogP contribution in [0.25, 0.3) is 0 Å². The first-order chi connectivity index (χ1) is 11.3. The minimum Gasteiger partial charge on any atom is -0.381 e. The molecule has 3 fully saturated rings. The fourth-order valence-corrected chi connectivity index (χ4v) is 3.96. The van der Waals surface area contributed by atoms with Crippen LogP contribution in [0.2, 0.25) is 0 Å². The molecular formula is C19H26N2O2. The van der Waals surface area contributed by atoms with Crippen LogP contribution in [-0.4, -0.2) is 37.2 Å². The van der Waals surface area contributed by atoms with Gasteiger partial charge in [-0.15, -0.1) is 0 Å². The lowest BCUT2D eigenvalue weighted by Gasteiger charge is -2.33. The van der Waals surface area contributed by atoms with Crippen molar-refractivity contribution >= 4 is 5.91 Å². The molecule has 4 nitrogen and oxygen atoms in total. The van der Waals surface area contributed by atoms with Crippen LogP contribution in [0.15, 0.2) is 30.3 Å². The molecule has 23 heavy (non-hydrogen) atoms. The van der Waals surface area contributed by atoms with E-state index in [1.807, 2.05) is 30.3 Å². The van der Waals surface area contributed by atoms with Crippen molar-refractivity contribution in [1.29, 1.82) is 0 Å². The van der Waals surface area contributed by atoms with E-state index in [4.69, 9.17) is 4.74 Å². The number of rotatable bonds is 5.